The summed E-state index contributed by atoms with van der Waals surface area (Å²) >= 11 is 6.07. The predicted octanol–water partition coefficient (Wildman–Crippen LogP) is 2.08. The summed E-state index contributed by atoms with van der Waals surface area (Å²) in [6, 6.07) is 5.88. The first-order valence-electron chi connectivity index (χ1n) is 12.1. The van der Waals surface area contributed by atoms with E-state index in [4.69, 9.17) is 22.1 Å². The molecule has 0 spiro atoms. The topological polar surface area (TPSA) is 151 Å². The van der Waals surface area contributed by atoms with E-state index in [0.717, 1.165) is 42.7 Å². The number of nitrogen functional groups attached to an aromatic ring is 1. The number of anilines is 1. The Morgan fingerprint density at radius 2 is 2.14 bits per heavy atom. The van der Waals surface area contributed by atoms with Crippen molar-refractivity contribution in [3.05, 3.63) is 41.7 Å². The fourth-order valence-electron chi connectivity index (χ4n) is 4.76. The molecule has 0 amide bonds. The Bertz CT molecular complexity index is 1360. The predicted molar refractivity (Wildman–Crippen MR) is 136 cm³/mol. The second-order valence-electron chi connectivity index (χ2n) is 9.61. The lowest BCUT2D eigenvalue weighted by Gasteiger charge is -2.32. The lowest BCUT2D eigenvalue weighted by atomic mass is 10.0. The number of nitrogens with two attached hydrogens (primary N) is 1. The molecule has 5 N–H and O–H groups in total. The number of fused-ring (bicyclic) bond motifs is 2. The number of ether oxygens (including phenoxy) is 1. The first kappa shape index (κ1) is 24.8. The van der Waals surface area contributed by atoms with Crippen LogP contribution >= 0.6 is 11.6 Å². The maximum Gasteiger partial charge on any atom is 0.197 e. The summed E-state index contributed by atoms with van der Waals surface area (Å²) in [5.74, 6) is 1.16. The number of rotatable bonds is 9. The van der Waals surface area contributed by atoms with E-state index >= 15 is 0 Å². The van der Waals surface area contributed by atoms with Crippen LogP contribution in [-0.2, 0) is 16.9 Å². The highest BCUT2D eigenvalue weighted by molar-refractivity contribution is 6.31. The smallest absolute Gasteiger partial charge is 0.197 e. The minimum Gasteiger partial charge on any atom is -0.385 e. The molecule has 1 saturated heterocycles. The summed E-state index contributed by atoms with van der Waals surface area (Å²) < 4.78 is 7.31. The van der Waals surface area contributed by atoms with Crippen molar-refractivity contribution < 1.29 is 14.9 Å². The van der Waals surface area contributed by atoms with Gasteiger partial charge in [0.05, 0.1) is 24.0 Å². The van der Waals surface area contributed by atoms with Crippen LogP contribution in [0.5, 0.6) is 0 Å². The fraction of sp³-hybridized carbons (Fsp3) is 0.500. The van der Waals surface area contributed by atoms with Gasteiger partial charge in [0.15, 0.2) is 17.2 Å². The van der Waals surface area contributed by atoms with Gasteiger partial charge in [-0.3, -0.25) is 9.47 Å². The van der Waals surface area contributed by atoms with Crippen LogP contribution in [0.15, 0.2) is 30.9 Å². The van der Waals surface area contributed by atoms with Crippen LogP contribution in [-0.4, -0.2) is 82.5 Å². The number of benzene rings is 1. The Kier molecular flexibility index (Phi) is 6.84. The number of hydrogen-bond donors (Lipinski definition) is 4. The molecule has 11 nitrogen and oxygen atoms in total. The van der Waals surface area contributed by atoms with Gasteiger partial charge in [-0.15, -0.1) is 0 Å². The summed E-state index contributed by atoms with van der Waals surface area (Å²) in [6.45, 7) is 5.44. The van der Waals surface area contributed by atoms with Crippen molar-refractivity contribution in [1.29, 1.82) is 0 Å². The summed E-state index contributed by atoms with van der Waals surface area (Å²) in [5.41, 5.74) is 6.75. The highest BCUT2D eigenvalue weighted by atomic mass is 35.5. The standard InChI is InChI=1S/C24H31ClN8O3/c1-14(2)32(8-4-3-5-19-30-16-7-6-15(25)9-17(16)31-19)10-18-21(34)24(35,11-36-18)33-13-29-20-22(26)27-12-28-23(20)33/h6-7,9,12-14,18,21,34-35H,3-5,8,10-11H2,1-2H3,(H,30,31)(H2,26,27,28). The van der Waals surface area contributed by atoms with Crippen LogP contribution in [0.1, 0.15) is 32.5 Å². The molecule has 3 unspecified atom stereocenters. The van der Waals surface area contributed by atoms with Gasteiger partial charge in [-0.1, -0.05) is 11.6 Å². The SMILES string of the molecule is CC(C)N(CCCCc1nc2ccc(Cl)cc2[nH]1)CC1OCC(O)(n2cnc3c(N)ncnc32)C1O. The zero-order chi connectivity index (χ0) is 25.4. The average molecular weight is 515 g/mol. The number of aryl methyl sites for hydroxylation is 1. The van der Waals surface area contributed by atoms with Crippen LogP contribution in [0.3, 0.4) is 0 Å². The molecule has 3 atom stereocenters. The van der Waals surface area contributed by atoms with Crippen LogP contribution < -0.4 is 5.73 Å². The molecule has 5 rings (SSSR count). The van der Waals surface area contributed by atoms with Crippen molar-refractivity contribution in [2.75, 3.05) is 25.4 Å². The number of aromatic nitrogens is 6. The van der Waals surface area contributed by atoms with Crippen molar-refractivity contribution in [2.24, 2.45) is 0 Å². The third-order valence-corrected chi connectivity index (χ3v) is 7.10. The number of aromatic amines is 1. The van der Waals surface area contributed by atoms with Crippen LogP contribution in [0.25, 0.3) is 22.2 Å². The maximum atomic E-state index is 11.4. The molecule has 1 aliphatic heterocycles. The lowest BCUT2D eigenvalue weighted by molar-refractivity contribution is -0.109. The molecule has 36 heavy (non-hydrogen) atoms. The Hall–Kier alpha value is -2.83. The van der Waals surface area contributed by atoms with Gasteiger partial charge in [0.25, 0.3) is 0 Å². The van der Waals surface area contributed by atoms with E-state index in [9.17, 15) is 10.2 Å². The van der Waals surface area contributed by atoms with Gasteiger partial charge >= 0.3 is 0 Å². The Labute approximate surface area is 213 Å². The van der Waals surface area contributed by atoms with Crippen molar-refractivity contribution >= 4 is 39.6 Å². The monoisotopic (exact) mass is 514 g/mol. The van der Waals surface area contributed by atoms with E-state index in [1.165, 1.54) is 17.2 Å². The van der Waals surface area contributed by atoms with Crippen molar-refractivity contribution in [3.8, 4) is 0 Å². The first-order chi connectivity index (χ1) is 17.3. The number of halogens is 1. The molecule has 12 heteroatoms. The number of aliphatic hydroxyl groups excluding tert-OH is 1. The molecular formula is C24H31ClN8O3. The van der Waals surface area contributed by atoms with E-state index in [2.05, 4.69) is 43.7 Å². The molecule has 4 heterocycles. The number of imidazole rings is 2. The third-order valence-electron chi connectivity index (χ3n) is 6.86. The second kappa shape index (κ2) is 9.91. The van der Waals surface area contributed by atoms with Crippen molar-refractivity contribution in [2.45, 2.75) is 57.1 Å². The largest absolute Gasteiger partial charge is 0.385 e. The van der Waals surface area contributed by atoms with Gasteiger partial charge < -0.3 is 25.7 Å². The van der Waals surface area contributed by atoms with E-state index in [0.29, 0.717) is 22.7 Å². The highest BCUT2D eigenvalue weighted by Crippen LogP contribution is 2.33. The molecule has 3 aromatic heterocycles. The Balaban J connectivity index is 1.19. The lowest BCUT2D eigenvalue weighted by Crippen LogP contribution is -2.49. The molecule has 0 radical (unpaired) electrons. The van der Waals surface area contributed by atoms with Gasteiger partial charge in [-0.25, -0.2) is 19.9 Å². The van der Waals surface area contributed by atoms with Crippen LogP contribution in [0, 0.1) is 0 Å². The van der Waals surface area contributed by atoms with Gasteiger partial charge in [0.1, 0.15) is 29.9 Å². The maximum absolute atomic E-state index is 11.4. The molecule has 1 fully saturated rings. The van der Waals surface area contributed by atoms with E-state index in [1.54, 1.807) is 0 Å². The normalized spacial score (nSPS) is 22.5. The molecule has 0 saturated carbocycles. The van der Waals surface area contributed by atoms with E-state index in [-0.39, 0.29) is 18.5 Å². The zero-order valence-corrected chi connectivity index (χ0v) is 21.1. The number of hydrogen-bond acceptors (Lipinski definition) is 9. The van der Waals surface area contributed by atoms with Gasteiger partial charge in [0.2, 0.25) is 0 Å². The number of nitrogens with zero attached hydrogens (tertiary/aromatic N) is 6. The van der Waals surface area contributed by atoms with Gasteiger partial charge in [0, 0.05) is 24.0 Å². The summed E-state index contributed by atoms with van der Waals surface area (Å²) in [4.78, 5) is 22.6. The van der Waals surface area contributed by atoms with Crippen LogP contribution in [0.2, 0.25) is 5.02 Å². The number of H-pyrrole nitrogens is 1. The average Bonchev–Trinajstić information content (AvgIpc) is 3.53. The van der Waals surface area contributed by atoms with Gasteiger partial charge in [-0.2, -0.15) is 0 Å². The summed E-state index contributed by atoms with van der Waals surface area (Å²) in [7, 11) is 0. The molecular weight excluding hydrogens is 484 g/mol. The van der Waals surface area contributed by atoms with Crippen molar-refractivity contribution in [3.63, 3.8) is 0 Å². The molecule has 0 bridgehead atoms. The molecule has 1 aromatic carbocycles. The number of unbranched alkanes of at least 4 members (excludes halogenated alkanes) is 1. The quantitative estimate of drug-likeness (QED) is 0.246. The number of nitrogens with one attached hydrogen (secondary N) is 1. The second-order valence-corrected chi connectivity index (χ2v) is 10.0. The summed E-state index contributed by atoms with van der Waals surface area (Å²) in [5, 5.41) is 23.1. The minimum atomic E-state index is -1.70. The van der Waals surface area contributed by atoms with Crippen molar-refractivity contribution in [1.82, 2.24) is 34.4 Å². The molecule has 1 aliphatic rings. The minimum absolute atomic E-state index is 0.0871. The van der Waals surface area contributed by atoms with E-state index < -0.39 is 17.9 Å². The number of aliphatic hydroxyl groups is 2. The first-order valence-corrected chi connectivity index (χ1v) is 12.5. The van der Waals surface area contributed by atoms with E-state index in [1.807, 2.05) is 18.2 Å². The Morgan fingerprint density at radius 1 is 1.31 bits per heavy atom. The Morgan fingerprint density at radius 3 is 2.94 bits per heavy atom. The third kappa shape index (κ3) is 4.64. The zero-order valence-electron chi connectivity index (χ0n) is 20.3. The molecule has 0 aliphatic carbocycles. The molecule has 4 aromatic rings. The summed E-state index contributed by atoms with van der Waals surface area (Å²) in [6.07, 6.45) is 3.71. The molecule has 192 valence electrons. The van der Waals surface area contributed by atoms with Gasteiger partial charge in [-0.05, 0) is 51.4 Å². The highest BCUT2D eigenvalue weighted by Gasteiger charge is 2.50. The van der Waals surface area contributed by atoms with Crippen LogP contribution in [0.4, 0.5) is 5.82 Å². The fourth-order valence-corrected chi connectivity index (χ4v) is 4.93.